The summed E-state index contributed by atoms with van der Waals surface area (Å²) in [6.45, 7) is 2.89. The van der Waals surface area contributed by atoms with Crippen LogP contribution in [-0.2, 0) is 6.54 Å². The number of rotatable bonds is 4. The lowest BCUT2D eigenvalue weighted by Crippen LogP contribution is -2.36. The average molecular weight is 242 g/mol. The van der Waals surface area contributed by atoms with Crippen molar-refractivity contribution in [1.82, 2.24) is 5.32 Å². The van der Waals surface area contributed by atoms with Crippen molar-refractivity contribution in [3.05, 3.63) is 34.6 Å². The highest BCUT2D eigenvalue weighted by Crippen LogP contribution is 2.29. The van der Waals surface area contributed by atoms with Gasteiger partial charge in [-0.25, -0.2) is 4.39 Å². The quantitative estimate of drug-likeness (QED) is 0.847. The van der Waals surface area contributed by atoms with Crippen molar-refractivity contribution in [1.29, 1.82) is 0 Å². The van der Waals surface area contributed by atoms with Crippen molar-refractivity contribution in [3.8, 4) is 0 Å². The van der Waals surface area contributed by atoms with Gasteiger partial charge in [-0.15, -0.1) is 0 Å². The minimum atomic E-state index is -0.263. The first-order valence-corrected chi connectivity index (χ1v) is 6.21. The molecule has 1 unspecified atom stereocenters. The lowest BCUT2D eigenvalue weighted by molar-refractivity contribution is 0.240. The summed E-state index contributed by atoms with van der Waals surface area (Å²) in [5.41, 5.74) is 0.913. The van der Waals surface area contributed by atoms with Gasteiger partial charge in [-0.1, -0.05) is 18.0 Å². The molecule has 0 spiro atoms. The van der Waals surface area contributed by atoms with E-state index in [4.69, 9.17) is 11.6 Å². The number of benzene rings is 1. The van der Waals surface area contributed by atoms with E-state index in [1.165, 1.54) is 31.4 Å². The van der Waals surface area contributed by atoms with E-state index in [0.29, 0.717) is 17.6 Å². The Morgan fingerprint density at radius 1 is 1.44 bits per heavy atom. The summed E-state index contributed by atoms with van der Waals surface area (Å²) in [6, 6.07) is 5.19. The molecule has 1 fully saturated rings. The van der Waals surface area contributed by atoms with Crippen molar-refractivity contribution in [2.24, 2.45) is 5.92 Å². The van der Waals surface area contributed by atoms with Crippen LogP contribution in [0.3, 0.4) is 0 Å². The molecule has 0 bridgehead atoms. The van der Waals surface area contributed by atoms with Gasteiger partial charge in [0.15, 0.2) is 0 Å². The first-order chi connectivity index (χ1) is 7.65. The average Bonchev–Trinajstić information content (AvgIpc) is 2.10. The molecule has 1 atom stereocenters. The summed E-state index contributed by atoms with van der Waals surface area (Å²) in [4.78, 5) is 0. The second-order valence-corrected chi connectivity index (χ2v) is 5.07. The zero-order valence-corrected chi connectivity index (χ0v) is 10.2. The zero-order valence-electron chi connectivity index (χ0n) is 9.47. The normalized spacial score (nSPS) is 18.2. The van der Waals surface area contributed by atoms with Crippen LogP contribution in [0.1, 0.15) is 31.7 Å². The Bertz CT molecular complexity index is 343. The van der Waals surface area contributed by atoms with Crippen LogP contribution >= 0.6 is 11.6 Å². The Hall–Kier alpha value is -0.600. The second kappa shape index (κ2) is 5.15. The molecule has 16 heavy (non-hydrogen) atoms. The van der Waals surface area contributed by atoms with E-state index in [1.807, 2.05) is 6.07 Å². The molecule has 1 nitrogen and oxygen atoms in total. The van der Waals surface area contributed by atoms with Crippen LogP contribution in [0.15, 0.2) is 18.2 Å². The molecule has 1 aliphatic carbocycles. The van der Waals surface area contributed by atoms with E-state index in [0.717, 1.165) is 11.5 Å². The SMILES string of the molecule is CC(NCc1cc(F)cc(Cl)c1)C1CCC1. The van der Waals surface area contributed by atoms with Crippen molar-refractivity contribution >= 4 is 11.6 Å². The van der Waals surface area contributed by atoms with Gasteiger partial charge in [0.1, 0.15) is 5.82 Å². The third-order valence-electron chi connectivity index (χ3n) is 3.41. The lowest BCUT2D eigenvalue weighted by Gasteiger charge is -2.32. The summed E-state index contributed by atoms with van der Waals surface area (Å²) >= 11 is 5.80. The molecule has 1 N–H and O–H groups in total. The number of hydrogen-bond acceptors (Lipinski definition) is 1. The van der Waals surface area contributed by atoms with Gasteiger partial charge < -0.3 is 5.32 Å². The molecule has 2 rings (SSSR count). The van der Waals surface area contributed by atoms with Crippen LogP contribution in [0, 0.1) is 11.7 Å². The van der Waals surface area contributed by atoms with E-state index in [1.54, 1.807) is 0 Å². The Morgan fingerprint density at radius 3 is 2.75 bits per heavy atom. The van der Waals surface area contributed by atoms with Crippen LogP contribution in [-0.4, -0.2) is 6.04 Å². The molecule has 0 heterocycles. The Morgan fingerprint density at radius 2 is 2.19 bits per heavy atom. The van der Waals surface area contributed by atoms with Crippen LogP contribution in [0.4, 0.5) is 4.39 Å². The van der Waals surface area contributed by atoms with Crippen molar-refractivity contribution in [3.63, 3.8) is 0 Å². The maximum atomic E-state index is 13.1. The fourth-order valence-corrected chi connectivity index (χ4v) is 2.34. The smallest absolute Gasteiger partial charge is 0.125 e. The maximum absolute atomic E-state index is 13.1. The summed E-state index contributed by atoms with van der Waals surface area (Å²) < 4.78 is 13.1. The van der Waals surface area contributed by atoms with E-state index in [-0.39, 0.29) is 5.82 Å². The van der Waals surface area contributed by atoms with Gasteiger partial charge in [0.25, 0.3) is 0 Å². The Balaban J connectivity index is 1.88. The first kappa shape index (κ1) is 11.9. The third-order valence-corrected chi connectivity index (χ3v) is 3.63. The van der Waals surface area contributed by atoms with Gasteiger partial charge in [0.2, 0.25) is 0 Å². The van der Waals surface area contributed by atoms with Gasteiger partial charge in [0, 0.05) is 17.6 Å². The minimum Gasteiger partial charge on any atom is -0.310 e. The second-order valence-electron chi connectivity index (χ2n) is 4.64. The van der Waals surface area contributed by atoms with Gasteiger partial charge >= 0.3 is 0 Å². The number of halogens is 2. The molecule has 0 amide bonds. The van der Waals surface area contributed by atoms with Crippen LogP contribution in [0.5, 0.6) is 0 Å². The molecule has 1 saturated carbocycles. The van der Waals surface area contributed by atoms with Gasteiger partial charge in [0.05, 0.1) is 0 Å². The summed E-state index contributed by atoms with van der Waals surface area (Å²) in [5, 5.41) is 3.90. The minimum absolute atomic E-state index is 0.263. The van der Waals surface area contributed by atoms with Crippen LogP contribution in [0.25, 0.3) is 0 Å². The topological polar surface area (TPSA) is 12.0 Å². The highest BCUT2D eigenvalue weighted by molar-refractivity contribution is 6.30. The van der Waals surface area contributed by atoms with Crippen molar-refractivity contribution < 1.29 is 4.39 Å². The molecule has 0 saturated heterocycles. The number of hydrogen-bond donors (Lipinski definition) is 1. The highest BCUT2D eigenvalue weighted by Gasteiger charge is 2.23. The predicted octanol–water partition coefficient (Wildman–Crippen LogP) is 3.76. The molecule has 1 aromatic carbocycles. The largest absolute Gasteiger partial charge is 0.310 e. The molecule has 0 aromatic heterocycles. The maximum Gasteiger partial charge on any atom is 0.125 e. The Labute approximate surface area is 101 Å². The highest BCUT2D eigenvalue weighted by atomic mass is 35.5. The molecule has 3 heteroatoms. The van der Waals surface area contributed by atoms with E-state index in [2.05, 4.69) is 12.2 Å². The van der Waals surface area contributed by atoms with E-state index >= 15 is 0 Å². The van der Waals surface area contributed by atoms with Crippen LogP contribution in [0.2, 0.25) is 5.02 Å². The predicted molar refractivity (Wildman–Crippen MR) is 65.1 cm³/mol. The standard InChI is InChI=1S/C13H17ClFN/c1-9(11-3-2-4-11)16-8-10-5-12(14)7-13(15)6-10/h5-7,9,11,16H,2-4,8H2,1H3. The van der Waals surface area contributed by atoms with Crippen LogP contribution < -0.4 is 5.32 Å². The lowest BCUT2D eigenvalue weighted by atomic mass is 9.80. The van der Waals surface area contributed by atoms with Gasteiger partial charge in [-0.3, -0.25) is 0 Å². The molecule has 1 aliphatic rings. The number of nitrogens with one attached hydrogen (secondary N) is 1. The monoisotopic (exact) mass is 241 g/mol. The van der Waals surface area contributed by atoms with Gasteiger partial charge in [-0.2, -0.15) is 0 Å². The zero-order chi connectivity index (χ0) is 11.5. The molecule has 88 valence electrons. The summed E-state index contributed by atoms with van der Waals surface area (Å²) in [5.74, 6) is 0.532. The fourth-order valence-electron chi connectivity index (χ4n) is 2.10. The molecular formula is C13H17ClFN. The Kier molecular flexibility index (Phi) is 3.82. The van der Waals surface area contributed by atoms with Gasteiger partial charge in [-0.05, 0) is 49.4 Å². The third kappa shape index (κ3) is 2.96. The summed E-state index contributed by atoms with van der Waals surface area (Å²) in [7, 11) is 0. The summed E-state index contributed by atoms with van der Waals surface area (Å²) in [6.07, 6.45) is 3.98. The molecule has 1 aromatic rings. The van der Waals surface area contributed by atoms with E-state index in [9.17, 15) is 4.39 Å². The van der Waals surface area contributed by atoms with Crippen molar-refractivity contribution in [2.75, 3.05) is 0 Å². The molecular weight excluding hydrogens is 225 g/mol. The van der Waals surface area contributed by atoms with E-state index < -0.39 is 0 Å². The molecule has 0 aliphatic heterocycles. The fraction of sp³-hybridized carbons (Fsp3) is 0.538. The first-order valence-electron chi connectivity index (χ1n) is 5.83. The molecule has 0 radical (unpaired) electrons. The van der Waals surface area contributed by atoms with Crippen molar-refractivity contribution in [2.45, 2.75) is 38.8 Å².